The van der Waals surface area contributed by atoms with Crippen LogP contribution in [0.2, 0.25) is 0 Å². The fourth-order valence-electron chi connectivity index (χ4n) is 3.04. The second-order valence-corrected chi connectivity index (χ2v) is 6.27. The molecule has 1 heteroatoms. The lowest BCUT2D eigenvalue weighted by molar-refractivity contribution is 0.329. The quantitative estimate of drug-likeness (QED) is 0.635. The molecule has 0 aliphatic carbocycles. The predicted molar refractivity (Wildman–Crippen MR) is 90.2 cm³/mol. The van der Waals surface area contributed by atoms with Gasteiger partial charge in [-0.1, -0.05) is 69.4 Å². The average Bonchev–Trinajstić information content (AvgIpc) is 2.46. The third-order valence-corrected chi connectivity index (χ3v) is 4.35. The van der Waals surface area contributed by atoms with Gasteiger partial charge < -0.3 is 5.32 Å². The topological polar surface area (TPSA) is 12.0 Å². The van der Waals surface area contributed by atoms with E-state index in [1.165, 1.54) is 49.7 Å². The van der Waals surface area contributed by atoms with E-state index in [2.05, 4.69) is 57.4 Å². The summed E-state index contributed by atoms with van der Waals surface area (Å²) in [7, 11) is 2.08. The van der Waals surface area contributed by atoms with Crippen molar-refractivity contribution in [1.82, 2.24) is 5.32 Å². The van der Waals surface area contributed by atoms with E-state index in [0.29, 0.717) is 0 Å². The molecule has 0 fully saturated rings. The second-order valence-electron chi connectivity index (χ2n) is 6.27. The molecule has 1 aromatic rings. The van der Waals surface area contributed by atoms with Gasteiger partial charge >= 0.3 is 0 Å². The Hall–Kier alpha value is -0.820. The smallest absolute Gasteiger partial charge is 0.00202 e. The number of rotatable bonds is 10. The molecule has 2 unspecified atom stereocenters. The highest BCUT2D eigenvalue weighted by molar-refractivity contribution is 5.21. The Morgan fingerprint density at radius 1 is 1.05 bits per heavy atom. The van der Waals surface area contributed by atoms with E-state index in [9.17, 15) is 0 Å². The van der Waals surface area contributed by atoms with Crippen LogP contribution in [0.3, 0.4) is 0 Å². The van der Waals surface area contributed by atoms with Gasteiger partial charge in [0.1, 0.15) is 0 Å². The maximum absolute atomic E-state index is 3.38. The third kappa shape index (κ3) is 6.56. The summed E-state index contributed by atoms with van der Waals surface area (Å²) in [5.74, 6) is 1.67. The fourth-order valence-corrected chi connectivity index (χ4v) is 3.04. The number of unbranched alkanes of at least 4 members (excludes halogenated alkanes) is 1. The highest BCUT2D eigenvalue weighted by Gasteiger charge is 2.15. The first kappa shape index (κ1) is 17.2. The van der Waals surface area contributed by atoms with Crippen molar-refractivity contribution in [2.45, 2.75) is 59.3 Å². The van der Waals surface area contributed by atoms with Gasteiger partial charge in [-0.2, -0.15) is 0 Å². The first-order valence-electron chi connectivity index (χ1n) is 8.39. The molecule has 0 radical (unpaired) electrons. The Kier molecular flexibility index (Phi) is 8.60. The molecule has 20 heavy (non-hydrogen) atoms. The summed E-state index contributed by atoms with van der Waals surface area (Å²) in [6, 6.07) is 9.07. The molecule has 0 aliphatic rings. The zero-order valence-electron chi connectivity index (χ0n) is 13.9. The lowest BCUT2D eigenvalue weighted by atomic mass is 9.85. The van der Waals surface area contributed by atoms with Crippen molar-refractivity contribution in [3.05, 3.63) is 35.4 Å². The van der Waals surface area contributed by atoms with Gasteiger partial charge in [-0.15, -0.1) is 0 Å². The molecule has 0 amide bonds. The van der Waals surface area contributed by atoms with Crippen LogP contribution in [0.15, 0.2) is 24.3 Å². The van der Waals surface area contributed by atoms with E-state index in [1.54, 1.807) is 0 Å². The minimum Gasteiger partial charge on any atom is -0.319 e. The Labute approximate surface area is 126 Å². The van der Waals surface area contributed by atoms with E-state index >= 15 is 0 Å². The summed E-state index contributed by atoms with van der Waals surface area (Å²) < 4.78 is 0. The van der Waals surface area contributed by atoms with Crippen molar-refractivity contribution in [3.63, 3.8) is 0 Å². The van der Waals surface area contributed by atoms with Gasteiger partial charge in [-0.3, -0.25) is 0 Å². The highest BCUT2D eigenvalue weighted by atomic mass is 14.8. The van der Waals surface area contributed by atoms with Crippen molar-refractivity contribution in [2.24, 2.45) is 11.8 Å². The summed E-state index contributed by atoms with van der Waals surface area (Å²) >= 11 is 0. The number of benzene rings is 1. The molecule has 0 saturated carbocycles. The highest BCUT2D eigenvalue weighted by Crippen LogP contribution is 2.24. The van der Waals surface area contributed by atoms with E-state index in [-0.39, 0.29) is 0 Å². The van der Waals surface area contributed by atoms with Gasteiger partial charge in [0, 0.05) is 0 Å². The maximum Gasteiger partial charge on any atom is -0.00202 e. The van der Waals surface area contributed by atoms with Crippen molar-refractivity contribution in [1.29, 1.82) is 0 Å². The summed E-state index contributed by atoms with van der Waals surface area (Å²) in [4.78, 5) is 0. The SMILES string of the molecule is CCCCC(CC)CC(CNC)Cc1ccc(C)cc1. The van der Waals surface area contributed by atoms with Crippen LogP contribution < -0.4 is 5.32 Å². The molecule has 1 nitrogen and oxygen atoms in total. The summed E-state index contributed by atoms with van der Waals surface area (Å²) in [5.41, 5.74) is 2.84. The number of nitrogens with one attached hydrogen (secondary N) is 1. The van der Waals surface area contributed by atoms with E-state index < -0.39 is 0 Å². The molecule has 1 aromatic carbocycles. The van der Waals surface area contributed by atoms with Crippen LogP contribution in [0.4, 0.5) is 0 Å². The largest absolute Gasteiger partial charge is 0.319 e. The van der Waals surface area contributed by atoms with E-state index in [1.807, 2.05) is 0 Å². The first-order chi connectivity index (χ1) is 9.69. The molecule has 1 rings (SSSR count). The third-order valence-electron chi connectivity index (χ3n) is 4.35. The van der Waals surface area contributed by atoms with Crippen LogP contribution in [0.1, 0.15) is 57.1 Å². The molecule has 1 N–H and O–H groups in total. The van der Waals surface area contributed by atoms with Gasteiger partial charge in [0.25, 0.3) is 0 Å². The lowest BCUT2D eigenvalue weighted by Crippen LogP contribution is -2.23. The number of hydrogen-bond donors (Lipinski definition) is 1. The van der Waals surface area contributed by atoms with Crippen LogP contribution in [-0.2, 0) is 6.42 Å². The molecule has 0 heterocycles. The van der Waals surface area contributed by atoms with Gasteiger partial charge in [-0.05, 0) is 50.8 Å². The number of hydrogen-bond acceptors (Lipinski definition) is 1. The Morgan fingerprint density at radius 2 is 1.75 bits per heavy atom. The molecule has 0 bridgehead atoms. The van der Waals surface area contributed by atoms with Crippen molar-refractivity contribution >= 4 is 0 Å². The van der Waals surface area contributed by atoms with Crippen LogP contribution in [0.5, 0.6) is 0 Å². The minimum absolute atomic E-state index is 0.768. The molecule has 0 saturated heterocycles. The molecular formula is C19H33N. The first-order valence-corrected chi connectivity index (χ1v) is 8.39. The summed E-state index contributed by atoms with van der Waals surface area (Å²) in [6.07, 6.45) is 8.02. The maximum atomic E-state index is 3.38. The molecule has 0 spiro atoms. The number of aryl methyl sites for hydroxylation is 1. The van der Waals surface area contributed by atoms with Crippen molar-refractivity contribution < 1.29 is 0 Å². The van der Waals surface area contributed by atoms with Crippen molar-refractivity contribution in [3.8, 4) is 0 Å². The normalized spacial score (nSPS) is 14.2. The zero-order valence-corrected chi connectivity index (χ0v) is 13.9. The Morgan fingerprint density at radius 3 is 2.30 bits per heavy atom. The standard InChI is InChI=1S/C19H33N/c1-5-7-8-17(6-2)13-19(15-20-4)14-18-11-9-16(3)10-12-18/h9-12,17,19-20H,5-8,13-15H2,1-4H3. The van der Waals surface area contributed by atoms with Crippen LogP contribution in [-0.4, -0.2) is 13.6 Å². The Bertz CT molecular complexity index is 341. The van der Waals surface area contributed by atoms with Crippen LogP contribution in [0, 0.1) is 18.8 Å². The molecular weight excluding hydrogens is 242 g/mol. The molecule has 114 valence electrons. The van der Waals surface area contributed by atoms with Gasteiger partial charge in [-0.25, -0.2) is 0 Å². The predicted octanol–water partition coefficient (Wildman–Crippen LogP) is 4.98. The van der Waals surface area contributed by atoms with Gasteiger partial charge in [0.05, 0.1) is 0 Å². The van der Waals surface area contributed by atoms with E-state index in [0.717, 1.165) is 18.4 Å². The lowest BCUT2D eigenvalue weighted by Gasteiger charge is -2.23. The van der Waals surface area contributed by atoms with Gasteiger partial charge in [0.2, 0.25) is 0 Å². The average molecular weight is 275 g/mol. The molecule has 2 atom stereocenters. The monoisotopic (exact) mass is 275 g/mol. The minimum atomic E-state index is 0.768. The zero-order chi connectivity index (χ0) is 14.8. The van der Waals surface area contributed by atoms with Gasteiger partial charge in [0.15, 0.2) is 0 Å². The molecule has 0 aliphatic heterocycles. The fraction of sp³-hybridized carbons (Fsp3) is 0.684. The summed E-state index contributed by atoms with van der Waals surface area (Å²) in [5, 5.41) is 3.38. The molecule has 0 aromatic heterocycles. The Balaban J connectivity index is 2.55. The van der Waals surface area contributed by atoms with Crippen LogP contribution in [0.25, 0.3) is 0 Å². The van der Waals surface area contributed by atoms with Crippen LogP contribution >= 0.6 is 0 Å². The summed E-state index contributed by atoms with van der Waals surface area (Å²) in [6.45, 7) is 7.94. The second kappa shape index (κ2) is 9.99. The van der Waals surface area contributed by atoms with Crippen molar-refractivity contribution in [2.75, 3.05) is 13.6 Å². The van der Waals surface area contributed by atoms with E-state index in [4.69, 9.17) is 0 Å².